The van der Waals surface area contributed by atoms with Gasteiger partial charge in [0, 0.05) is 6.07 Å². The van der Waals surface area contributed by atoms with Crippen molar-refractivity contribution < 1.29 is 19.7 Å². The Balaban J connectivity index is 2.01. The summed E-state index contributed by atoms with van der Waals surface area (Å²) in [7, 11) is 0. The molecule has 0 spiro atoms. The van der Waals surface area contributed by atoms with E-state index in [1.807, 2.05) is 26.0 Å². The molecule has 0 saturated carbocycles. The van der Waals surface area contributed by atoms with Gasteiger partial charge in [0.15, 0.2) is 5.78 Å². The van der Waals surface area contributed by atoms with Crippen LogP contribution in [0.3, 0.4) is 0 Å². The Morgan fingerprint density at radius 1 is 1.10 bits per heavy atom. The van der Waals surface area contributed by atoms with Crippen molar-refractivity contribution in [3.05, 3.63) is 52.6 Å². The van der Waals surface area contributed by atoms with Crippen molar-refractivity contribution in [3.8, 4) is 17.2 Å². The standard InChI is InChI=1S/C17H16O4/c1-9-5-11(6-10(2)17(9)20)15-8-14(19)13-4-3-12(18)7-16(13)21-15/h3-7,15,18,20H,8H2,1-2H3. The molecule has 2 aromatic carbocycles. The third kappa shape index (κ3) is 2.33. The fraction of sp³-hybridized carbons (Fsp3) is 0.235. The highest BCUT2D eigenvalue weighted by Crippen LogP contribution is 2.38. The van der Waals surface area contributed by atoms with Gasteiger partial charge < -0.3 is 14.9 Å². The Bertz CT molecular complexity index is 711. The molecule has 4 nitrogen and oxygen atoms in total. The molecule has 2 aromatic rings. The molecule has 108 valence electrons. The lowest BCUT2D eigenvalue weighted by molar-refractivity contribution is 0.0849. The highest BCUT2D eigenvalue weighted by atomic mass is 16.5. The third-order valence-corrected chi connectivity index (χ3v) is 3.79. The first-order valence-electron chi connectivity index (χ1n) is 6.78. The molecule has 1 atom stereocenters. The number of aryl methyl sites for hydroxylation is 2. The van der Waals surface area contributed by atoms with Crippen LogP contribution in [0.5, 0.6) is 17.2 Å². The molecule has 0 bridgehead atoms. The zero-order chi connectivity index (χ0) is 15.1. The number of phenols is 2. The lowest BCUT2D eigenvalue weighted by Crippen LogP contribution is -2.20. The van der Waals surface area contributed by atoms with Crippen LogP contribution in [0.2, 0.25) is 0 Å². The molecule has 2 N–H and O–H groups in total. The Morgan fingerprint density at radius 2 is 1.76 bits per heavy atom. The van der Waals surface area contributed by atoms with Crippen molar-refractivity contribution in [2.45, 2.75) is 26.4 Å². The van der Waals surface area contributed by atoms with E-state index in [0.717, 1.165) is 16.7 Å². The van der Waals surface area contributed by atoms with Gasteiger partial charge in [-0.3, -0.25) is 4.79 Å². The predicted octanol–water partition coefficient (Wildman–Crippen LogP) is 3.42. The van der Waals surface area contributed by atoms with Crippen LogP contribution in [0.4, 0.5) is 0 Å². The Morgan fingerprint density at radius 3 is 2.43 bits per heavy atom. The highest BCUT2D eigenvalue weighted by molar-refractivity contribution is 6.00. The third-order valence-electron chi connectivity index (χ3n) is 3.79. The summed E-state index contributed by atoms with van der Waals surface area (Å²) >= 11 is 0. The van der Waals surface area contributed by atoms with Crippen molar-refractivity contribution in [1.29, 1.82) is 0 Å². The number of hydrogen-bond donors (Lipinski definition) is 2. The van der Waals surface area contributed by atoms with Gasteiger partial charge in [-0.2, -0.15) is 0 Å². The lowest BCUT2D eigenvalue weighted by atomic mass is 9.94. The maximum absolute atomic E-state index is 12.2. The van der Waals surface area contributed by atoms with Crippen LogP contribution in [0.1, 0.15) is 39.6 Å². The number of hydrogen-bond acceptors (Lipinski definition) is 4. The van der Waals surface area contributed by atoms with Crippen LogP contribution < -0.4 is 4.74 Å². The van der Waals surface area contributed by atoms with Gasteiger partial charge in [-0.25, -0.2) is 0 Å². The van der Waals surface area contributed by atoms with E-state index in [-0.39, 0.29) is 23.7 Å². The minimum Gasteiger partial charge on any atom is -0.508 e. The molecule has 1 heterocycles. The van der Waals surface area contributed by atoms with Gasteiger partial charge in [0.2, 0.25) is 0 Å². The molecule has 21 heavy (non-hydrogen) atoms. The van der Waals surface area contributed by atoms with Crippen LogP contribution >= 0.6 is 0 Å². The largest absolute Gasteiger partial charge is 0.508 e. The van der Waals surface area contributed by atoms with E-state index in [1.165, 1.54) is 12.1 Å². The molecule has 0 amide bonds. The van der Waals surface area contributed by atoms with Crippen LogP contribution in [0.25, 0.3) is 0 Å². The zero-order valence-electron chi connectivity index (χ0n) is 11.9. The fourth-order valence-corrected chi connectivity index (χ4v) is 2.67. The van der Waals surface area contributed by atoms with E-state index in [9.17, 15) is 15.0 Å². The summed E-state index contributed by atoms with van der Waals surface area (Å²) in [6, 6.07) is 8.17. The van der Waals surface area contributed by atoms with Gasteiger partial charge >= 0.3 is 0 Å². The maximum atomic E-state index is 12.2. The smallest absolute Gasteiger partial charge is 0.170 e. The van der Waals surface area contributed by atoms with E-state index in [0.29, 0.717) is 11.3 Å². The molecule has 0 radical (unpaired) electrons. The van der Waals surface area contributed by atoms with Crippen molar-refractivity contribution >= 4 is 5.78 Å². The second-order valence-corrected chi connectivity index (χ2v) is 5.42. The van der Waals surface area contributed by atoms with Gasteiger partial charge in [-0.05, 0) is 54.8 Å². The predicted molar refractivity (Wildman–Crippen MR) is 78.0 cm³/mol. The first-order valence-corrected chi connectivity index (χ1v) is 6.78. The number of Topliss-reactive ketones (excluding diaryl/α,β-unsaturated/α-hetero) is 1. The minimum absolute atomic E-state index is 0.00960. The number of carbonyl (C=O) groups is 1. The quantitative estimate of drug-likeness (QED) is 0.842. The fourth-order valence-electron chi connectivity index (χ4n) is 2.67. The van der Waals surface area contributed by atoms with Crippen molar-refractivity contribution in [1.82, 2.24) is 0 Å². The molecule has 3 rings (SSSR count). The van der Waals surface area contributed by atoms with E-state index in [4.69, 9.17) is 4.74 Å². The second-order valence-electron chi connectivity index (χ2n) is 5.42. The van der Waals surface area contributed by atoms with E-state index < -0.39 is 6.10 Å². The monoisotopic (exact) mass is 284 g/mol. The Labute approximate surface area is 122 Å². The summed E-state index contributed by atoms with van der Waals surface area (Å²) in [6.45, 7) is 3.63. The molecule has 1 aliphatic rings. The molecule has 0 fully saturated rings. The molecule has 1 unspecified atom stereocenters. The molecular formula is C17H16O4. The number of ether oxygens (including phenoxy) is 1. The maximum Gasteiger partial charge on any atom is 0.170 e. The molecule has 0 aromatic heterocycles. The summed E-state index contributed by atoms with van der Waals surface area (Å²) in [5.74, 6) is 0.725. The number of phenolic OH excluding ortho intramolecular Hbond substituents is 2. The zero-order valence-corrected chi connectivity index (χ0v) is 11.9. The number of fused-ring (bicyclic) bond motifs is 1. The second kappa shape index (κ2) is 4.81. The summed E-state index contributed by atoms with van der Waals surface area (Å²) in [5, 5.41) is 19.4. The summed E-state index contributed by atoms with van der Waals surface area (Å²) in [5.41, 5.74) is 2.85. The van der Waals surface area contributed by atoms with Crippen LogP contribution in [0.15, 0.2) is 30.3 Å². The van der Waals surface area contributed by atoms with E-state index in [1.54, 1.807) is 6.07 Å². The van der Waals surface area contributed by atoms with Gasteiger partial charge in [-0.15, -0.1) is 0 Å². The van der Waals surface area contributed by atoms with Gasteiger partial charge in [-0.1, -0.05) is 0 Å². The molecule has 1 aliphatic heterocycles. The van der Waals surface area contributed by atoms with Gasteiger partial charge in [0.05, 0.1) is 12.0 Å². The van der Waals surface area contributed by atoms with Crippen molar-refractivity contribution in [3.63, 3.8) is 0 Å². The molecule has 0 aliphatic carbocycles. The van der Waals surface area contributed by atoms with Crippen LogP contribution in [-0.4, -0.2) is 16.0 Å². The normalized spacial score (nSPS) is 17.2. The molecule has 4 heteroatoms. The minimum atomic E-state index is -0.398. The van der Waals surface area contributed by atoms with E-state index in [2.05, 4.69) is 0 Å². The summed E-state index contributed by atoms with van der Waals surface area (Å²) in [6.07, 6.45) is -0.147. The first kappa shape index (κ1) is 13.5. The number of carbonyl (C=O) groups excluding carboxylic acids is 1. The molecule has 0 saturated heterocycles. The number of benzene rings is 2. The number of rotatable bonds is 1. The van der Waals surface area contributed by atoms with Crippen LogP contribution in [0, 0.1) is 13.8 Å². The van der Waals surface area contributed by atoms with Gasteiger partial charge in [0.25, 0.3) is 0 Å². The lowest BCUT2D eigenvalue weighted by Gasteiger charge is -2.26. The average molecular weight is 284 g/mol. The first-order chi connectivity index (χ1) is 9.95. The van der Waals surface area contributed by atoms with Crippen molar-refractivity contribution in [2.75, 3.05) is 0 Å². The average Bonchev–Trinajstić information content (AvgIpc) is 2.43. The Hall–Kier alpha value is -2.49. The Kier molecular flexibility index (Phi) is 3.09. The topological polar surface area (TPSA) is 66.8 Å². The van der Waals surface area contributed by atoms with Gasteiger partial charge in [0.1, 0.15) is 23.4 Å². The summed E-state index contributed by atoms with van der Waals surface area (Å²) in [4.78, 5) is 12.2. The van der Waals surface area contributed by atoms with Crippen LogP contribution in [-0.2, 0) is 0 Å². The SMILES string of the molecule is Cc1cc(C2CC(=O)c3ccc(O)cc3O2)cc(C)c1O. The molecular weight excluding hydrogens is 268 g/mol. The van der Waals surface area contributed by atoms with Crippen molar-refractivity contribution in [2.24, 2.45) is 0 Å². The van der Waals surface area contributed by atoms with E-state index >= 15 is 0 Å². The summed E-state index contributed by atoms with van der Waals surface area (Å²) < 4.78 is 5.86. The highest BCUT2D eigenvalue weighted by Gasteiger charge is 2.28. The number of aromatic hydroxyl groups is 2. The number of ketones is 1.